The molecule has 1 aliphatic rings. The Hall–Kier alpha value is -2.12. The summed E-state index contributed by atoms with van der Waals surface area (Å²) in [6, 6.07) is 7.56. The molecular formula is C20H32N4O3. The number of nitrogens with zero attached hydrogens (tertiary/aromatic N) is 2. The van der Waals surface area contributed by atoms with Crippen LogP contribution in [0.25, 0.3) is 0 Å². The number of hydrogen-bond acceptors (Lipinski definition) is 4. The molecular weight excluding hydrogens is 344 g/mol. The summed E-state index contributed by atoms with van der Waals surface area (Å²) in [4.78, 5) is 18.1. The van der Waals surface area contributed by atoms with E-state index in [9.17, 15) is 4.79 Å². The molecule has 1 heterocycles. The summed E-state index contributed by atoms with van der Waals surface area (Å²) in [5, 5.41) is 6.50. The second-order valence-corrected chi connectivity index (χ2v) is 6.73. The molecule has 1 fully saturated rings. The lowest BCUT2D eigenvalue weighted by atomic mass is 10.1. The first kappa shape index (κ1) is 21.2. The van der Waals surface area contributed by atoms with Crippen molar-refractivity contribution in [2.75, 3.05) is 47.0 Å². The highest BCUT2D eigenvalue weighted by Crippen LogP contribution is 2.11. The second-order valence-electron chi connectivity index (χ2n) is 6.73. The monoisotopic (exact) mass is 376 g/mol. The lowest BCUT2D eigenvalue weighted by molar-refractivity contribution is 0.0191. The summed E-state index contributed by atoms with van der Waals surface area (Å²) in [6.45, 7) is 6.19. The molecule has 1 saturated heterocycles. The lowest BCUT2D eigenvalue weighted by Crippen LogP contribution is -2.39. The van der Waals surface area contributed by atoms with Gasteiger partial charge in [0, 0.05) is 39.4 Å². The number of ether oxygens (including phenoxy) is 2. The van der Waals surface area contributed by atoms with Gasteiger partial charge in [-0.1, -0.05) is 12.1 Å². The first-order valence-corrected chi connectivity index (χ1v) is 9.62. The van der Waals surface area contributed by atoms with Gasteiger partial charge in [-0.3, -0.25) is 4.79 Å². The van der Waals surface area contributed by atoms with Gasteiger partial charge in [0.15, 0.2) is 5.96 Å². The number of carbonyl (C=O) groups excluding carboxylic acids is 1. The fourth-order valence-corrected chi connectivity index (χ4v) is 2.76. The zero-order valence-corrected chi connectivity index (χ0v) is 16.7. The van der Waals surface area contributed by atoms with Crippen molar-refractivity contribution < 1.29 is 14.3 Å². The number of benzene rings is 1. The molecule has 7 heteroatoms. The van der Waals surface area contributed by atoms with Crippen LogP contribution in [-0.2, 0) is 16.0 Å². The Bertz CT molecular complexity index is 596. The highest BCUT2D eigenvalue weighted by atomic mass is 16.5. The zero-order chi connectivity index (χ0) is 19.5. The second kappa shape index (κ2) is 11.6. The van der Waals surface area contributed by atoms with Crippen LogP contribution in [0.5, 0.6) is 0 Å². The van der Waals surface area contributed by atoms with Gasteiger partial charge in [-0.2, -0.15) is 0 Å². The fraction of sp³-hybridized carbons (Fsp3) is 0.600. The van der Waals surface area contributed by atoms with Crippen LogP contribution >= 0.6 is 0 Å². The number of guanidine groups is 1. The molecule has 27 heavy (non-hydrogen) atoms. The van der Waals surface area contributed by atoms with Crippen LogP contribution in [-0.4, -0.2) is 69.9 Å². The minimum atomic E-state index is 0.00283. The van der Waals surface area contributed by atoms with Crippen molar-refractivity contribution >= 4 is 11.9 Å². The molecule has 1 aromatic rings. The van der Waals surface area contributed by atoms with Gasteiger partial charge in [-0.15, -0.1) is 0 Å². The molecule has 0 aliphatic carbocycles. The number of aliphatic imine (C=N–C) groups is 1. The molecule has 0 aromatic heterocycles. The first-order valence-electron chi connectivity index (χ1n) is 9.62. The minimum absolute atomic E-state index is 0.00283. The highest BCUT2D eigenvalue weighted by Gasteiger charge is 2.15. The molecule has 0 saturated carbocycles. The Morgan fingerprint density at radius 2 is 2.07 bits per heavy atom. The van der Waals surface area contributed by atoms with Crippen LogP contribution in [0.15, 0.2) is 29.3 Å². The van der Waals surface area contributed by atoms with Crippen molar-refractivity contribution in [3.63, 3.8) is 0 Å². The van der Waals surface area contributed by atoms with Crippen LogP contribution in [0.3, 0.4) is 0 Å². The Morgan fingerprint density at radius 3 is 2.70 bits per heavy atom. The average Bonchev–Trinajstić information content (AvgIpc) is 3.19. The van der Waals surface area contributed by atoms with E-state index in [0.29, 0.717) is 31.9 Å². The smallest absolute Gasteiger partial charge is 0.253 e. The van der Waals surface area contributed by atoms with Crippen LogP contribution in [0.4, 0.5) is 0 Å². The minimum Gasteiger partial charge on any atom is -0.377 e. The number of amides is 1. The predicted molar refractivity (Wildman–Crippen MR) is 107 cm³/mol. The third-order valence-electron chi connectivity index (χ3n) is 4.24. The third kappa shape index (κ3) is 7.56. The quantitative estimate of drug-likeness (QED) is 0.389. The van der Waals surface area contributed by atoms with Gasteiger partial charge in [0.1, 0.15) is 0 Å². The molecule has 1 unspecified atom stereocenters. The van der Waals surface area contributed by atoms with Crippen molar-refractivity contribution in [2.45, 2.75) is 32.4 Å². The summed E-state index contributed by atoms with van der Waals surface area (Å²) < 4.78 is 11.2. The van der Waals surface area contributed by atoms with E-state index in [2.05, 4.69) is 15.6 Å². The maximum Gasteiger partial charge on any atom is 0.253 e. The molecule has 2 rings (SSSR count). The van der Waals surface area contributed by atoms with E-state index in [4.69, 9.17) is 9.47 Å². The molecule has 0 radical (unpaired) electrons. The van der Waals surface area contributed by atoms with Gasteiger partial charge in [0.25, 0.3) is 5.91 Å². The first-order chi connectivity index (χ1) is 13.1. The molecule has 1 amide bonds. The molecule has 7 nitrogen and oxygen atoms in total. The summed E-state index contributed by atoms with van der Waals surface area (Å²) in [5.74, 6) is 0.759. The van der Waals surface area contributed by atoms with E-state index >= 15 is 0 Å². The standard InChI is InChI=1S/C20H32N4O3/c1-4-21-20(22-11-13-26-15-18-6-5-12-27-18)23-14-16-7-9-17(10-8-16)19(25)24(2)3/h7-10,18H,4-6,11-15H2,1-3H3,(H2,21,22,23). The number of rotatable bonds is 9. The van der Waals surface area contributed by atoms with Crippen molar-refractivity contribution in [1.29, 1.82) is 0 Å². The molecule has 1 atom stereocenters. The Labute approximate surface area is 162 Å². The third-order valence-corrected chi connectivity index (χ3v) is 4.24. The average molecular weight is 377 g/mol. The van der Waals surface area contributed by atoms with Gasteiger partial charge in [-0.25, -0.2) is 4.99 Å². The predicted octanol–water partition coefficient (Wildman–Crippen LogP) is 1.64. The number of hydrogen-bond donors (Lipinski definition) is 2. The summed E-state index contributed by atoms with van der Waals surface area (Å²) in [7, 11) is 3.50. The van der Waals surface area contributed by atoms with Crippen molar-refractivity contribution in [1.82, 2.24) is 15.5 Å². The molecule has 2 N–H and O–H groups in total. The summed E-state index contributed by atoms with van der Waals surface area (Å²) >= 11 is 0. The van der Waals surface area contributed by atoms with E-state index in [1.807, 2.05) is 31.2 Å². The van der Waals surface area contributed by atoms with Gasteiger partial charge in [-0.05, 0) is 37.5 Å². The summed E-state index contributed by atoms with van der Waals surface area (Å²) in [5.41, 5.74) is 1.73. The lowest BCUT2D eigenvalue weighted by Gasteiger charge is -2.13. The normalized spacial score (nSPS) is 17.0. The summed E-state index contributed by atoms with van der Waals surface area (Å²) in [6.07, 6.45) is 2.49. The Balaban J connectivity index is 1.75. The fourth-order valence-electron chi connectivity index (χ4n) is 2.76. The SMILES string of the molecule is CCNC(=NCc1ccc(C(=O)N(C)C)cc1)NCCOCC1CCCO1. The Kier molecular flexibility index (Phi) is 9.07. The van der Waals surface area contributed by atoms with Crippen molar-refractivity contribution in [3.8, 4) is 0 Å². The molecule has 1 aromatic carbocycles. The largest absolute Gasteiger partial charge is 0.377 e. The van der Waals surface area contributed by atoms with Gasteiger partial charge >= 0.3 is 0 Å². The van der Waals surface area contributed by atoms with Gasteiger partial charge < -0.3 is 25.0 Å². The van der Waals surface area contributed by atoms with Crippen LogP contribution in [0.1, 0.15) is 35.7 Å². The van der Waals surface area contributed by atoms with Crippen molar-refractivity contribution in [3.05, 3.63) is 35.4 Å². The topological polar surface area (TPSA) is 75.2 Å². The molecule has 150 valence electrons. The maximum absolute atomic E-state index is 11.9. The van der Waals surface area contributed by atoms with E-state index in [1.165, 1.54) is 0 Å². The van der Waals surface area contributed by atoms with Crippen LogP contribution < -0.4 is 10.6 Å². The van der Waals surface area contributed by atoms with Gasteiger partial charge in [0.05, 0.1) is 25.9 Å². The van der Waals surface area contributed by atoms with E-state index < -0.39 is 0 Å². The molecule has 0 bridgehead atoms. The number of carbonyl (C=O) groups is 1. The van der Waals surface area contributed by atoms with E-state index in [0.717, 1.165) is 37.5 Å². The Morgan fingerprint density at radius 1 is 1.30 bits per heavy atom. The number of nitrogens with one attached hydrogen (secondary N) is 2. The zero-order valence-electron chi connectivity index (χ0n) is 16.7. The van der Waals surface area contributed by atoms with Crippen LogP contribution in [0.2, 0.25) is 0 Å². The van der Waals surface area contributed by atoms with Crippen molar-refractivity contribution in [2.24, 2.45) is 4.99 Å². The maximum atomic E-state index is 11.9. The van der Waals surface area contributed by atoms with E-state index in [1.54, 1.807) is 19.0 Å². The highest BCUT2D eigenvalue weighted by molar-refractivity contribution is 5.93. The van der Waals surface area contributed by atoms with Crippen LogP contribution in [0, 0.1) is 0 Å². The molecule has 0 spiro atoms. The van der Waals surface area contributed by atoms with Gasteiger partial charge in [0.2, 0.25) is 0 Å². The van der Waals surface area contributed by atoms with E-state index in [-0.39, 0.29) is 12.0 Å². The molecule has 1 aliphatic heterocycles.